The smallest absolute Gasteiger partial charge is 0.0611 e. The summed E-state index contributed by atoms with van der Waals surface area (Å²) in [5.41, 5.74) is -0.167. The third kappa shape index (κ3) is 4.65. The normalized spacial score (nSPS) is 29.1. The van der Waals surface area contributed by atoms with Gasteiger partial charge in [0.2, 0.25) is 0 Å². The molecular weight excluding hydrogens is 262 g/mol. The molecular formula is C17H35N3O. The zero-order valence-corrected chi connectivity index (χ0v) is 14.4. The zero-order chi connectivity index (χ0) is 15.5. The van der Waals surface area contributed by atoms with Gasteiger partial charge in [0, 0.05) is 36.8 Å². The third-order valence-electron chi connectivity index (χ3n) is 5.21. The number of nitrogens with one attached hydrogen (secondary N) is 1. The Morgan fingerprint density at radius 2 is 1.86 bits per heavy atom. The summed E-state index contributed by atoms with van der Waals surface area (Å²) in [6, 6.07) is 1.71. The minimum Gasteiger partial charge on any atom is -0.394 e. The molecule has 21 heavy (non-hydrogen) atoms. The molecule has 3 atom stereocenters. The lowest BCUT2D eigenvalue weighted by atomic mass is 9.93. The number of hydrogen-bond acceptors (Lipinski definition) is 4. The first-order valence-corrected chi connectivity index (χ1v) is 8.80. The van der Waals surface area contributed by atoms with Crippen LogP contribution in [-0.2, 0) is 0 Å². The van der Waals surface area contributed by atoms with Crippen LogP contribution in [0.1, 0.15) is 53.4 Å². The highest BCUT2D eigenvalue weighted by Crippen LogP contribution is 2.25. The number of nitrogens with zero attached hydrogens (tertiary/aromatic N) is 2. The second-order valence-corrected chi connectivity index (χ2v) is 7.75. The Bertz CT molecular complexity index is 317. The fraction of sp³-hybridized carbons (Fsp3) is 1.00. The summed E-state index contributed by atoms with van der Waals surface area (Å²) in [5, 5.41) is 13.3. The summed E-state index contributed by atoms with van der Waals surface area (Å²) in [7, 11) is 0. The maximum atomic E-state index is 9.76. The lowest BCUT2D eigenvalue weighted by Gasteiger charge is -2.37. The molecule has 0 aromatic rings. The minimum atomic E-state index is -0.167. The second-order valence-electron chi connectivity index (χ2n) is 7.75. The summed E-state index contributed by atoms with van der Waals surface area (Å²) in [6.45, 7) is 14.0. The molecule has 2 N–H and O–H groups in total. The molecule has 0 spiro atoms. The molecule has 3 unspecified atom stereocenters. The first-order chi connectivity index (χ1) is 9.93. The van der Waals surface area contributed by atoms with Gasteiger partial charge in [0.1, 0.15) is 0 Å². The van der Waals surface area contributed by atoms with E-state index in [2.05, 4.69) is 42.8 Å². The molecule has 2 saturated heterocycles. The molecule has 2 aliphatic rings. The van der Waals surface area contributed by atoms with Crippen LogP contribution >= 0.6 is 0 Å². The van der Waals surface area contributed by atoms with Gasteiger partial charge in [0.05, 0.1) is 6.61 Å². The van der Waals surface area contributed by atoms with Crippen LogP contribution in [0.25, 0.3) is 0 Å². The first kappa shape index (κ1) is 17.2. The SMILES string of the molecule is CC(C)NC(C)(CO)CC(C)N1CCC(N2CCCC2)C1. The molecule has 0 aliphatic carbocycles. The number of aliphatic hydroxyl groups is 1. The Labute approximate surface area is 130 Å². The summed E-state index contributed by atoms with van der Waals surface area (Å²) in [5.74, 6) is 0. The van der Waals surface area contributed by atoms with Gasteiger partial charge in [-0.1, -0.05) is 13.8 Å². The van der Waals surface area contributed by atoms with Gasteiger partial charge >= 0.3 is 0 Å². The Hall–Kier alpha value is -0.160. The van der Waals surface area contributed by atoms with Crippen molar-refractivity contribution in [1.82, 2.24) is 15.1 Å². The Kier molecular flexibility index (Phi) is 6.06. The summed E-state index contributed by atoms with van der Waals surface area (Å²) in [4.78, 5) is 5.31. The van der Waals surface area contributed by atoms with Crippen LogP contribution in [0.15, 0.2) is 0 Å². The molecule has 0 bridgehead atoms. The van der Waals surface area contributed by atoms with Crippen molar-refractivity contribution in [2.45, 2.75) is 77.0 Å². The molecule has 0 radical (unpaired) electrons. The van der Waals surface area contributed by atoms with Gasteiger partial charge < -0.3 is 10.4 Å². The largest absolute Gasteiger partial charge is 0.394 e. The van der Waals surface area contributed by atoms with Crippen LogP contribution in [-0.4, -0.2) is 71.4 Å². The van der Waals surface area contributed by atoms with Gasteiger partial charge in [-0.15, -0.1) is 0 Å². The van der Waals surface area contributed by atoms with Crippen molar-refractivity contribution in [3.63, 3.8) is 0 Å². The predicted molar refractivity (Wildman–Crippen MR) is 88.6 cm³/mol. The fourth-order valence-electron chi connectivity index (χ4n) is 4.22. The molecule has 2 heterocycles. The van der Waals surface area contributed by atoms with Gasteiger partial charge in [0.15, 0.2) is 0 Å². The lowest BCUT2D eigenvalue weighted by molar-refractivity contribution is 0.115. The van der Waals surface area contributed by atoms with Gasteiger partial charge in [0.25, 0.3) is 0 Å². The molecule has 124 valence electrons. The first-order valence-electron chi connectivity index (χ1n) is 8.80. The van der Waals surface area contributed by atoms with E-state index < -0.39 is 0 Å². The Morgan fingerprint density at radius 3 is 2.43 bits per heavy atom. The van der Waals surface area contributed by atoms with E-state index in [1.54, 1.807) is 0 Å². The Balaban J connectivity index is 1.84. The highest BCUT2D eigenvalue weighted by molar-refractivity contribution is 4.92. The van der Waals surface area contributed by atoms with Crippen molar-refractivity contribution in [2.24, 2.45) is 0 Å². The van der Waals surface area contributed by atoms with Gasteiger partial charge in [-0.2, -0.15) is 0 Å². The number of aliphatic hydroxyl groups excluding tert-OH is 1. The monoisotopic (exact) mass is 297 g/mol. The van der Waals surface area contributed by atoms with Crippen LogP contribution in [0.2, 0.25) is 0 Å². The van der Waals surface area contributed by atoms with Crippen molar-refractivity contribution in [1.29, 1.82) is 0 Å². The minimum absolute atomic E-state index is 0.167. The van der Waals surface area contributed by atoms with E-state index in [0.717, 1.165) is 12.5 Å². The average molecular weight is 297 g/mol. The second kappa shape index (κ2) is 7.40. The van der Waals surface area contributed by atoms with Crippen molar-refractivity contribution >= 4 is 0 Å². The molecule has 0 aromatic heterocycles. The van der Waals surface area contributed by atoms with Crippen LogP contribution in [0.5, 0.6) is 0 Å². The maximum Gasteiger partial charge on any atom is 0.0611 e. The van der Waals surface area contributed by atoms with Crippen molar-refractivity contribution in [2.75, 3.05) is 32.8 Å². The molecule has 4 nitrogen and oxygen atoms in total. The number of rotatable bonds is 7. The van der Waals surface area contributed by atoms with Gasteiger partial charge in [-0.05, 0) is 52.6 Å². The lowest BCUT2D eigenvalue weighted by Crippen LogP contribution is -2.53. The van der Waals surface area contributed by atoms with E-state index in [4.69, 9.17) is 0 Å². The Morgan fingerprint density at radius 1 is 1.19 bits per heavy atom. The molecule has 0 aromatic carbocycles. The third-order valence-corrected chi connectivity index (χ3v) is 5.21. The maximum absolute atomic E-state index is 9.76. The quantitative estimate of drug-likeness (QED) is 0.750. The molecule has 0 amide bonds. The molecule has 2 fully saturated rings. The predicted octanol–water partition coefficient (Wildman–Crippen LogP) is 1.68. The van der Waals surface area contributed by atoms with E-state index in [0.29, 0.717) is 12.1 Å². The van der Waals surface area contributed by atoms with E-state index in [-0.39, 0.29) is 12.1 Å². The molecule has 2 aliphatic heterocycles. The molecule has 4 heteroatoms. The number of likely N-dealkylation sites (tertiary alicyclic amines) is 2. The number of hydrogen-bond donors (Lipinski definition) is 2. The van der Waals surface area contributed by atoms with Crippen LogP contribution in [0.3, 0.4) is 0 Å². The van der Waals surface area contributed by atoms with Crippen LogP contribution < -0.4 is 5.32 Å². The average Bonchev–Trinajstić information content (AvgIpc) is 3.08. The zero-order valence-electron chi connectivity index (χ0n) is 14.4. The highest BCUT2D eigenvalue weighted by atomic mass is 16.3. The fourth-order valence-corrected chi connectivity index (χ4v) is 4.22. The summed E-state index contributed by atoms with van der Waals surface area (Å²) >= 11 is 0. The van der Waals surface area contributed by atoms with Crippen LogP contribution in [0.4, 0.5) is 0 Å². The standard InChI is InChI=1S/C17H35N3O/c1-14(2)18-17(4,13-21)11-15(3)20-10-7-16(12-20)19-8-5-6-9-19/h14-16,18,21H,5-13H2,1-4H3. The van der Waals surface area contributed by atoms with E-state index in [1.165, 1.54) is 45.4 Å². The van der Waals surface area contributed by atoms with E-state index in [1.807, 2.05) is 0 Å². The van der Waals surface area contributed by atoms with Gasteiger partial charge in [-0.3, -0.25) is 9.80 Å². The van der Waals surface area contributed by atoms with Gasteiger partial charge in [-0.25, -0.2) is 0 Å². The highest BCUT2D eigenvalue weighted by Gasteiger charge is 2.34. The molecule has 0 saturated carbocycles. The van der Waals surface area contributed by atoms with Crippen molar-refractivity contribution in [3.05, 3.63) is 0 Å². The van der Waals surface area contributed by atoms with E-state index in [9.17, 15) is 5.11 Å². The van der Waals surface area contributed by atoms with Crippen molar-refractivity contribution < 1.29 is 5.11 Å². The van der Waals surface area contributed by atoms with E-state index >= 15 is 0 Å². The summed E-state index contributed by atoms with van der Waals surface area (Å²) in [6.07, 6.45) is 5.09. The summed E-state index contributed by atoms with van der Waals surface area (Å²) < 4.78 is 0. The topological polar surface area (TPSA) is 38.7 Å². The van der Waals surface area contributed by atoms with Crippen LogP contribution in [0, 0.1) is 0 Å². The van der Waals surface area contributed by atoms with Crippen molar-refractivity contribution in [3.8, 4) is 0 Å². The molecule has 2 rings (SSSR count).